The van der Waals surface area contributed by atoms with Crippen LogP contribution >= 0.6 is 0 Å². The standard InChI is InChI=1S/C21H20FNO3/c1-13-11-16(13)19-8-7-14(25-19)12-23(2)21(24)20-10-9-18(26-20)15-5-3-4-6-17(15)22/h3-10,13,16H,11-12H2,1-2H3/t13-,16+/m0/s1. The highest BCUT2D eigenvalue weighted by Crippen LogP contribution is 2.47. The van der Waals surface area contributed by atoms with Gasteiger partial charge in [-0.05, 0) is 48.7 Å². The van der Waals surface area contributed by atoms with Gasteiger partial charge in [0, 0.05) is 13.0 Å². The van der Waals surface area contributed by atoms with Crippen LogP contribution in [0.4, 0.5) is 4.39 Å². The van der Waals surface area contributed by atoms with Crippen molar-refractivity contribution in [2.75, 3.05) is 7.05 Å². The zero-order chi connectivity index (χ0) is 18.3. The van der Waals surface area contributed by atoms with Gasteiger partial charge in [-0.25, -0.2) is 4.39 Å². The van der Waals surface area contributed by atoms with E-state index >= 15 is 0 Å². The number of amides is 1. The van der Waals surface area contributed by atoms with Crippen molar-refractivity contribution in [2.24, 2.45) is 5.92 Å². The van der Waals surface area contributed by atoms with Crippen molar-refractivity contribution < 1.29 is 18.0 Å². The molecule has 0 bridgehead atoms. The lowest BCUT2D eigenvalue weighted by molar-refractivity contribution is 0.0744. The van der Waals surface area contributed by atoms with Gasteiger partial charge < -0.3 is 13.7 Å². The van der Waals surface area contributed by atoms with Gasteiger partial charge in [-0.3, -0.25) is 4.79 Å². The summed E-state index contributed by atoms with van der Waals surface area (Å²) in [5.74, 6) is 2.78. The number of nitrogens with zero attached hydrogens (tertiary/aromatic N) is 1. The molecule has 0 saturated heterocycles. The molecule has 1 aliphatic carbocycles. The molecular weight excluding hydrogens is 333 g/mol. The largest absolute Gasteiger partial charge is 0.464 e. The predicted octanol–water partition coefficient (Wildman–Crippen LogP) is 5.07. The molecule has 134 valence electrons. The lowest BCUT2D eigenvalue weighted by atomic mass is 10.1. The first kappa shape index (κ1) is 16.6. The Morgan fingerprint density at radius 3 is 2.65 bits per heavy atom. The molecule has 2 atom stereocenters. The Labute approximate surface area is 151 Å². The molecule has 0 N–H and O–H groups in total. The molecule has 1 aliphatic rings. The normalized spacial score (nSPS) is 18.7. The maximum absolute atomic E-state index is 13.9. The van der Waals surface area contributed by atoms with Crippen molar-refractivity contribution in [3.05, 3.63) is 71.6 Å². The van der Waals surface area contributed by atoms with Crippen LogP contribution in [0.2, 0.25) is 0 Å². The third kappa shape index (κ3) is 3.17. The van der Waals surface area contributed by atoms with Crippen LogP contribution in [0.25, 0.3) is 11.3 Å². The van der Waals surface area contributed by atoms with Crippen LogP contribution in [0.3, 0.4) is 0 Å². The second-order valence-electron chi connectivity index (χ2n) is 6.93. The SMILES string of the molecule is C[C@H]1C[C@H]1c1ccc(CN(C)C(=O)c2ccc(-c3ccccc3F)o2)o1. The van der Waals surface area contributed by atoms with Crippen LogP contribution in [-0.2, 0) is 6.54 Å². The summed E-state index contributed by atoms with van der Waals surface area (Å²) in [5, 5.41) is 0. The molecule has 0 unspecified atom stereocenters. The molecule has 1 saturated carbocycles. The van der Waals surface area contributed by atoms with E-state index in [0.29, 0.717) is 29.7 Å². The molecule has 2 aromatic heterocycles. The van der Waals surface area contributed by atoms with E-state index in [-0.39, 0.29) is 17.5 Å². The van der Waals surface area contributed by atoms with Crippen molar-refractivity contribution in [3.8, 4) is 11.3 Å². The number of carbonyl (C=O) groups excluding carboxylic acids is 1. The fourth-order valence-electron chi connectivity index (χ4n) is 3.15. The molecule has 5 heteroatoms. The zero-order valence-corrected chi connectivity index (χ0v) is 14.7. The molecule has 1 aromatic carbocycles. The second-order valence-corrected chi connectivity index (χ2v) is 6.93. The molecule has 3 aromatic rings. The molecule has 1 amide bonds. The fraction of sp³-hybridized carbons (Fsp3) is 0.286. The van der Waals surface area contributed by atoms with E-state index in [2.05, 4.69) is 6.92 Å². The number of rotatable bonds is 5. The van der Waals surface area contributed by atoms with Crippen LogP contribution in [0.5, 0.6) is 0 Å². The smallest absolute Gasteiger partial charge is 0.289 e. The maximum Gasteiger partial charge on any atom is 0.289 e. The van der Waals surface area contributed by atoms with Gasteiger partial charge in [-0.2, -0.15) is 0 Å². The summed E-state index contributed by atoms with van der Waals surface area (Å²) in [6.45, 7) is 2.56. The monoisotopic (exact) mass is 353 g/mol. The van der Waals surface area contributed by atoms with Gasteiger partial charge in [0.15, 0.2) is 5.76 Å². The Kier molecular flexibility index (Phi) is 4.15. The molecule has 26 heavy (non-hydrogen) atoms. The van der Waals surface area contributed by atoms with Gasteiger partial charge in [-0.15, -0.1) is 0 Å². The summed E-state index contributed by atoms with van der Waals surface area (Å²) in [7, 11) is 1.69. The lowest BCUT2D eigenvalue weighted by Crippen LogP contribution is -2.25. The lowest BCUT2D eigenvalue weighted by Gasteiger charge is -2.14. The summed E-state index contributed by atoms with van der Waals surface area (Å²) in [6.07, 6.45) is 1.16. The Balaban J connectivity index is 1.45. The highest BCUT2D eigenvalue weighted by molar-refractivity contribution is 5.91. The highest BCUT2D eigenvalue weighted by Gasteiger charge is 2.36. The van der Waals surface area contributed by atoms with E-state index in [4.69, 9.17) is 8.83 Å². The van der Waals surface area contributed by atoms with Gasteiger partial charge in [-0.1, -0.05) is 19.1 Å². The van der Waals surface area contributed by atoms with E-state index < -0.39 is 0 Å². The summed E-state index contributed by atoms with van der Waals surface area (Å²) in [6, 6.07) is 13.4. The van der Waals surface area contributed by atoms with Gasteiger partial charge >= 0.3 is 0 Å². The average Bonchev–Trinajstić information content (AvgIpc) is 3.04. The van der Waals surface area contributed by atoms with Crippen molar-refractivity contribution in [1.29, 1.82) is 0 Å². The molecule has 0 radical (unpaired) electrons. The first-order chi connectivity index (χ1) is 12.5. The Bertz CT molecular complexity index is 942. The number of halogens is 1. The molecule has 0 spiro atoms. The second kappa shape index (κ2) is 6.48. The third-order valence-corrected chi connectivity index (χ3v) is 4.85. The predicted molar refractivity (Wildman–Crippen MR) is 95.1 cm³/mol. The number of furan rings is 2. The molecule has 4 nitrogen and oxygen atoms in total. The minimum absolute atomic E-state index is 0.174. The van der Waals surface area contributed by atoms with Crippen molar-refractivity contribution in [2.45, 2.75) is 25.8 Å². The van der Waals surface area contributed by atoms with E-state index in [9.17, 15) is 9.18 Å². The summed E-state index contributed by atoms with van der Waals surface area (Å²) in [4.78, 5) is 14.1. The van der Waals surface area contributed by atoms with Gasteiger partial charge in [0.25, 0.3) is 5.91 Å². The third-order valence-electron chi connectivity index (χ3n) is 4.85. The summed E-state index contributed by atoms with van der Waals surface area (Å²) >= 11 is 0. The first-order valence-corrected chi connectivity index (χ1v) is 8.71. The molecule has 1 fully saturated rings. The summed E-state index contributed by atoms with van der Waals surface area (Å²) in [5.41, 5.74) is 0.337. The van der Waals surface area contributed by atoms with Crippen molar-refractivity contribution >= 4 is 5.91 Å². The van der Waals surface area contributed by atoms with E-state index in [1.165, 1.54) is 11.0 Å². The Morgan fingerprint density at radius 2 is 1.92 bits per heavy atom. The number of hydrogen-bond acceptors (Lipinski definition) is 3. The maximum atomic E-state index is 13.9. The van der Waals surface area contributed by atoms with Crippen LogP contribution in [-0.4, -0.2) is 17.9 Å². The zero-order valence-electron chi connectivity index (χ0n) is 14.7. The van der Waals surface area contributed by atoms with E-state index in [1.54, 1.807) is 37.4 Å². The van der Waals surface area contributed by atoms with Crippen molar-refractivity contribution in [1.82, 2.24) is 4.90 Å². The van der Waals surface area contributed by atoms with E-state index in [1.807, 2.05) is 12.1 Å². The van der Waals surface area contributed by atoms with Crippen LogP contribution in [0, 0.1) is 11.7 Å². The van der Waals surface area contributed by atoms with Crippen LogP contribution in [0.1, 0.15) is 41.3 Å². The van der Waals surface area contributed by atoms with Crippen LogP contribution < -0.4 is 0 Å². The summed E-state index contributed by atoms with van der Waals surface area (Å²) < 4.78 is 25.3. The van der Waals surface area contributed by atoms with Gasteiger partial charge in [0.1, 0.15) is 23.1 Å². The topological polar surface area (TPSA) is 46.6 Å². The van der Waals surface area contributed by atoms with E-state index in [0.717, 1.165) is 17.9 Å². The minimum atomic E-state index is -0.383. The first-order valence-electron chi connectivity index (χ1n) is 8.71. The Hall–Kier alpha value is -2.82. The molecule has 2 heterocycles. The number of carbonyl (C=O) groups is 1. The average molecular weight is 353 g/mol. The molecule has 4 rings (SSSR count). The highest BCUT2D eigenvalue weighted by atomic mass is 19.1. The van der Waals surface area contributed by atoms with Crippen LogP contribution in [0.15, 0.2) is 57.4 Å². The number of benzene rings is 1. The van der Waals surface area contributed by atoms with Gasteiger partial charge in [0.05, 0.1) is 12.1 Å². The molecule has 0 aliphatic heterocycles. The quantitative estimate of drug-likeness (QED) is 0.643. The fourth-order valence-corrected chi connectivity index (χ4v) is 3.15. The van der Waals surface area contributed by atoms with Crippen molar-refractivity contribution in [3.63, 3.8) is 0 Å². The minimum Gasteiger partial charge on any atom is -0.464 e. The van der Waals surface area contributed by atoms with Gasteiger partial charge in [0.2, 0.25) is 0 Å². The number of hydrogen-bond donors (Lipinski definition) is 0. The Morgan fingerprint density at radius 1 is 1.15 bits per heavy atom. The molecular formula is C21H20FNO3.